The molecule has 1 atom stereocenters. The van der Waals surface area contributed by atoms with E-state index >= 15 is 4.39 Å². The summed E-state index contributed by atoms with van der Waals surface area (Å²) >= 11 is 0. The van der Waals surface area contributed by atoms with Crippen molar-refractivity contribution in [2.45, 2.75) is 58.1 Å². The summed E-state index contributed by atoms with van der Waals surface area (Å²) in [5.74, 6) is -0.186. The molecule has 2 aromatic rings. The molecule has 2 fully saturated rings. The lowest BCUT2D eigenvalue weighted by atomic mass is 9.95. The summed E-state index contributed by atoms with van der Waals surface area (Å²) in [5.41, 5.74) is 1.85. The van der Waals surface area contributed by atoms with Crippen LogP contribution in [0.5, 0.6) is 0 Å². The third-order valence-electron chi connectivity index (χ3n) is 5.82. The Morgan fingerprint density at radius 2 is 1.86 bits per heavy atom. The van der Waals surface area contributed by atoms with Crippen molar-refractivity contribution in [2.24, 2.45) is 5.41 Å². The van der Waals surface area contributed by atoms with Crippen LogP contribution in [-0.2, 0) is 11.2 Å². The molecule has 1 heterocycles. The maximum absolute atomic E-state index is 15.3. The first kappa shape index (κ1) is 19.0. The Balaban J connectivity index is 1.58. The van der Waals surface area contributed by atoms with Gasteiger partial charge in [0, 0.05) is 18.2 Å². The van der Waals surface area contributed by atoms with E-state index < -0.39 is 5.60 Å². The molecule has 1 saturated carbocycles. The number of amides is 1. The molecule has 4 rings (SSSR count). The molecular weight excluding hydrogens is 353 g/mol. The van der Waals surface area contributed by atoms with Crippen molar-refractivity contribution in [3.05, 3.63) is 59.9 Å². The van der Waals surface area contributed by atoms with Crippen molar-refractivity contribution >= 4 is 6.09 Å². The molecule has 2 aromatic carbocycles. The minimum Gasteiger partial charge on any atom is -0.444 e. The Labute approximate surface area is 166 Å². The number of rotatable bonds is 3. The number of halogens is 1. The molecule has 1 spiro atoms. The summed E-state index contributed by atoms with van der Waals surface area (Å²) in [4.78, 5) is 14.6. The van der Waals surface area contributed by atoms with Crippen molar-refractivity contribution in [1.82, 2.24) is 4.90 Å². The predicted octanol–water partition coefficient (Wildman–Crippen LogP) is 5.82. The fraction of sp³-hybridized carbons (Fsp3) is 0.458. The van der Waals surface area contributed by atoms with Gasteiger partial charge >= 0.3 is 6.09 Å². The maximum Gasteiger partial charge on any atom is 0.410 e. The zero-order valence-electron chi connectivity index (χ0n) is 16.9. The van der Waals surface area contributed by atoms with Crippen LogP contribution < -0.4 is 0 Å². The van der Waals surface area contributed by atoms with Crippen LogP contribution in [0.15, 0.2) is 48.5 Å². The van der Waals surface area contributed by atoms with Gasteiger partial charge in [-0.15, -0.1) is 0 Å². The largest absolute Gasteiger partial charge is 0.444 e. The van der Waals surface area contributed by atoms with E-state index in [4.69, 9.17) is 4.74 Å². The van der Waals surface area contributed by atoms with Gasteiger partial charge in [-0.25, -0.2) is 9.18 Å². The third kappa shape index (κ3) is 3.91. The Hall–Kier alpha value is -2.36. The molecule has 0 N–H and O–H groups in total. The van der Waals surface area contributed by atoms with Crippen LogP contribution >= 0.6 is 0 Å². The van der Waals surface area contributed by atoms with Crippen molar-refractivity contribution in [3.63, 3.8) is 0 Å². The molecule has 1 unspecified atom stereocenters. The van der Waals surface area contributed by atoms with Gasteiger partial charge in [0.05, 0.1) is 0 Å². The van der Waals surface area contributed by atoms with E-state index in [-0.39, 0.29) is 23.4 Å². The molecule has 0 aromatic heterocycles. The first-order valence-corrected chi connectivity index (χ1v) is 10.1. The highest BCUT2D eigenvalue weighted by Crippen LogP contribution is 2.55. The predicted molar refractivity (Wildman–Crippen MR) is 109 cm³/mol. The fourth-order valence-corrected chi connectivity index (χ4v) is 4.25. The van der Waals surface area contributed by atoms with Crippen molar-refractivity contribution < 1.29 is 13.9 Å². The molecule has 2 aliphatic rings. The molecule has 28 heavy (non-hydrogen) atoms. The zero-order valence-corrected chi connectivity index (χ0v) is 16.9. The monoisotopic (exact) mass is 381 g/mol. The van der Waals surface area contributed by atoms with Crippen molar-refractivity contribution in [2.75, 3.05) is 6.54 Å². The molecule has 0 bridgehead atoms. The summed E-state index contributed by atoms with van der Waals surface area (Å²) in [6, 6.07) is 15.1. The second-order valence-corrected chi connectivity index (χ2v) is 9.32. The van der Waals surface area contributed by atoms with E-state index in [1.165, 1.54) is 0 Å². The fourth-order valence-electron chi connectivity index (χ4n) is 4.25. The van der Waals surface area contributed by atoms with Crippen molar-refractivity contribution in [1.29, 1.82) is 0 Å². The number of likely N-dealkylation sites (tertiary alicyclic amines) is 1. The Morgan fingerprint density at radius 3 is 2.50 bits per heavy atom. The number of ether oxygens (including phenoxy) is 1. The quantitative estimate of drug-likeness (QED) is 0.670. The van der Waals surface area contributed by atoms with Crippen LogP contribution in [0.1, 0.15) is 45.6 Å². The van der Waals surface area contributed by atoms with Gasteiger partial charge < -0.3 is 9.64 Å². The van der Waals surface area contributed by atoms with Gasteiger partial charge in [-0.05, 0) is 63.0 Å². The SMILES string of the molecule is CC(C)(C)OC(=O)N1CC2(CC2)CC1Cc1cccc(-c2ccccc2)c1F. The summed E-state index contributed by atoms with van der Waals surface area (Å²) < 4.78 is 20.9. The Kier molecular flexibility index (Phi) is 4.68. The van der Waals surface area contributed by atoms with Gasteiger partial charge in [-0.2, -0.15) is 0 Å². The van der Waals surface area contributed by atoms with Crippen LogP contribution in [-0.4, -0.2) is 29.2 Å². The minimum absolute atomic E-state index is 0.0159. The van der Waals surface area contributed by atoms with Gasteiger partial charge in [0.25, 0.3) is 0 Å². The second kappa shape index (κ2) is 6.91. The number of hydrogen-bond acceptors (Lipinski definition) is 2. The first-order chi connectivity index (χ1) is 13.3. The smallest absolute Gasteiger partial charge is 0.410 e. The molecule has 3 nitrogen and oxygen atoms in total. The summed E-state index contributed by atoms with van der Waals surface area (Å²) in [6.07, 6.45) is 3.47. The van der Waals surface area contributed by atoms with Gasteiger partial charge in [-0.1, -0.05) is 48.5 Å². The zero-order chi connectivity index (χ0) is 19.9. The minimum atomic E-state index is -0.528. The highest BCUT2D eigenvalue weighted by atomic mass is 19.1. The topological polar surface area (TPSA) is 29.5 Å². The maximum atomic E-state index is 15.3. The van der Waals surface area contributed by atoms with E-state index in [0.29, 0.717) is 17.5 Å². The van der Waals surface area contributed by atoms with E-state index in [1.54, 1.807) is 0 Å². The number of carbonyl (C=O) groups excluding carboxylic acids is 1. The van der Waals surface area contributed by atoms with Crippen molar-refractivity contribution in [3.8, 4) is 11.1 Å². The number of nitrogens with zero attached hydrogens (tertiary/aromatic N) is 1. The number of benzene rings is 2. The lowest BCUT2D eigenvalue weighted by Gasteiger charge is -2.29. The second-order valence-electron chi connectivity index (χ2n) is 9.32. The van der Waals surface area contributed by atoms with E-state index in [1.807, 2.05) is 74.2 Å². The molecule has 1 amide bonds. The Bertz CT molecular complexity index is 868. The molecule has 4 heteroatoms. The van der Waals surface area contributed by atoms with Gasteiger partial charge in [0.1, 0.15) is 11.4 Å². The lowest BCUT2D eigenvalue weighted by Crippen LogP contribution is -2.41. The van der Waals surface area contributed by atoms with Crippen LogP contribution in [0.4, 0.5) is 9.18 Å². The van der Waals surface area contributed by atoms with Crippen LogP contribution in [0.3, 0.4) is 0 Å². The van der Waals surface area contributed by atoms with Gasteiger partial charge in [-0.3, -0.25) is 0 Å². The molecular formula is C24H28FNO2. The lowest BCUT2D eigenvalue weighted by molar-refractivity contribution is 0.0219. The molecule has 1 saturated heterocycles. The summed E-state index contributed by atoms with van der Waals surface area (Å²) in [7, 11) is 0. The van der Waals surface area contributed by atoms with Gasteiger partial charge in [0.15, 0.2) is 0 Å². The van der Waals surface area contributed by atoms with Crippen LogP contribution in [0.25, 0.3) is 11.1 Å². The number of carbonyl (C=O) groups is 1. The average Bonchev–Trinajstić information content (AvgIpc) is 3.29. The normalized spacial score (nSPS) is 20.4. The van der Waals surface area contributed by atoms with E-state index in [9.17, 15) is 4.79 Å². The van der Waals surface area contributed by atoms with Gasteiger partial charge in [0.2, 0.25) is 0 Å². The first-order valence-electron chi connectivity index (χ1n) is 10.1. The highest BCUT2D eigenvalue weighted by molar-refractivity contribution is 5.69. The molecule has 1 aliphatic heterocycles. The Morgan fingerprint density at radius 1 is 1.14 bits per heavy atom. The third-order valence-corrected chi connectivity index (χ3v) is 5.82. The standard InChI is InChI=1S/C24H28FNO2/c1-23(2,3)28-22(27)26-16-24(12-13-24)15-19(26)14-18-10-7-11-20(21(18)25)17-8-5-4-6-9-17/h4-11,19H,12-16H2,1-3H3. The van der Waals surface area contributed by atoms with Crippen LogP contribution in [0.2, 0.25) is 0 Å². The summed E-state index contributed by atoms with van der Waals surface area (Å²) in [5, 5.41) is 0. The van der Waals surface area contributed by atoms with Crippen LogP contribution in [0, 0.1) is 11.2 Å². The molecule has 0 radical (unpaired) electrons. The number of hydrogen-bond donors (Lipinski definition) is 0. The molecule has 1 aliphatic carbocycles. The average molecular weight is 381 g/mol. The van der Waals surface area contributed by atoms with E-state index in [2.05, 4.69) is 0 Å². The highest BCUT2D eigenvalue weighted by Gasteiger charge is 2.53. The summed E-state index contributed by atoms with van der Waals surface area (Å²) in [6.45, 7) is 6.37. The molecule has 148 valence electrons. The van der Waals surface area contributed by atoms with E-state index in [0.717, 1.165) is 31.4 Å².